The van der Waals surface area contributed by atoms with Gasteiger partial charge < -0.3 is 18.6 Å². The fourth-order valence-corrected chi connectivity index (χ4v) is 2.93. The minimum absolute atomic E-state index is 0.233. The molecule has 1 fully saturated rings. The highest BCUT2D eigenvalue weighted by Crippen LogP contribution is 2.27. The predicted molar refractivity (Wildman–Crippen MR) is 83.5 cm³/mol. The van der Waals surface area contributed by atoms with Crippen molar-refractivity contribution >= 4 is 5.91 Å². The van der Waals surface area contributed by atoms with Crippen molar-refractivity contribution < 1.29 is 18.5 Å². The molecule has 8 heteroatoms. The average molecular weight is 334 g/mol. The minimum Gasteiger partial charge on any atom is -0.423 e. The van der Waals surface area contributed by atoms with E-state index in [2.05, 4.69) is 29.2 Å². The van der Waals surface area contributed by atoms with Crippen molar-refractivity contribution in [3.8, 4) is 0 Å². The third-order valence-electron chi connectivity index (χ3n) is 4.36. The van der Waals surface area contributed by atoms with Gasteiger partial charge in [-0.05, 0) is 12.8 Å². The molecule has 0 spiro atoms. The molecule has 1 aliphatic heterocycles. The molecular weight excluding hydrogens is 312 g/mol. The van der Waals surface area contributed by atoms with Gasteiger partial charge in [0, 0.05) is 25.5 Å². The number of morpholine rings is 1. The van der Waals surface area contributed by atoms with Crippen molar-refractivity contribution in [3.63, 3.8) is 0 Å². The highest BCUT2D eigenvalue weighted by molar-refractivity contribution is 5.91. The van der Waals surface area contributed by atoms with E-state index in [1.165, 1.54) is 0 Å². The molecule has 3 heterocycles. The van der Waals surface area contributed by atoms with Crippen LogP contribution in [-0.2, 0) is 4.74 Å². The molecule has 8 nitrogen and oxygen atoms in total. The van der Waals surface area contributed by atoms with Crippen LogP contribution in [0.15, 0.2) is 15.0 Å². The van der Waals surface area contributed by atoms with Crippen LogP contribution in [0.4, 0.5) is 0 Å². The van der Waals surface area contributed by atoms with Crippen LogP contribution in [0, 0.1) is 6.92 Å². The first-order chi connectivity index (χ1) is 11.6. The molecule has 0 bridgehead atoms. The highest BCUT2D eigenvalue weighted by atomic mass is 16.5. The Balaban J connectivity index is 1.82. The van der Waals surface area contributed by atoms with Crippen molar-refractivity contribution in [3.05, 3.63) is 29.3 Å². The van der Waals surface area contributed by atoms with E-state index in [0.29, 0.717) is 37.5 Å². The molecule has 1 aliphatic rings. The van der Waals surface area contributed by atoms with Gasteiger partial charge in [0.25, 0.3) is 5.91 Å². The molecule has 1 amide bonds. The maximum Gasteiger partial charge on any atom is 0.293 e. The summed E-state index contributed by atoms with van der Waals surface area (Å²) in [6.07, 6.45) is 1.91. The number of carbonyl (C=O) groups is 1. The average Bonchev–Trinajstić information content (AvgIpc) is 3.25. The quantitative estimate of drug-likeness (QED) is 0.829. The van der Waals surface area contributed by atoms with Gasteiger partial charge in [-0.15, -0.1) is 10.2 Å². The number of aromatic nitrogens is 3. The zero-order valence-corrected chi connectivity index (χ0v) is 14.2. The normalized spacial score (nSPS) is 18.3. The number of carbonyl (C=O) groups excluding carboxylic acids is 1. The van der Waals surface area contributed by atoms with Crippen LogP contribution < -0.4 is 0 Å². The lowest BCUT2D eigenvalue weighted by atomic mass is 9.99. The van der Waals surface area contributed by atoms with Gasteiger partial charge >= 0.3 is 0 Å². The van der Waals surface area contributed by atoms with E-state index in [1.54, 1.807) is 17.9 Å². The van der Waals surface area contributed by atoms with E-state index >= 15 is 0 Å². The number of aryl methyl sites for hydroxylation is 1. The number of amides is 1. The molecule has 2 aromatic rings. The van der Waals surface area contributed by atoms with Crippen molar-refractivity contribution in [2.45, 2.75) is 45.6 Å². The minimum atomic E-state index is -0.408. The lowest BCUT2D eigenvalue weighted by molar-refractivity contribution is -0.0124. The summed E-state index contributed by atoms with van der Waals surface area (Å²) >= 11 is 0. The van der Waals surface area contributed by atoms with Crippen LogP contribution in [0.5, 0.6) is 0 Å². The van der Waals surface area contributed by atoms with Crippen LogP contribution in [-0.4, -0.2) is 45.9 Å². The first-order valence-corrected chi connectivity index (χ1v) is 8.29. The topological polar surface area (TPSA) is 94.5 Å². The van der Waals surface area contributed by atoms with Gasteiger partial charge in [0.1, 0.15) is 6.04 Å². The third-order valence-corrected chi connectivity index (χ3v) is 4.36. The largest absolute Gasteiger partial charge is 0.423 e. The Bertz CT molecular complexity index is 692. The SMILES string of the molecule is CCC(CC)c1cc(C(=O)N2CCOC[C@H]2c2nnc(C)o2)on1. The maximum atomic E-state index is 12.8. The molecular formula is C16H22N4O4. The Labute approximate surface area is 140 Å². The first-order valence-electron chi connectivity index (χ1n) is 8.29. The summed E-state index contributed by atoms with van der Waals surface area (Å²) in [5.41, 5.74) is 0.821. The lowest BCUT2D eigenvalue weighted by Crippen LogP contribution is -2.43. The van der Waals surface area contributed by atoms with Gasteiger partial charge in [-0.25, -0.2) is 0 Å². The maximum absolute atomic E-state index is 12.8. The Hall–Kier alpha value is -2.22. The van der Waals surface area contributed by atoms with Gasteiger partial charge in [-0.2, -0.15) is 0 Å². The van der Waals surface area contributed by atoms with Gasteiger partial charge in [0.2, 0.25) is 17.5 Å². The molecule has 130 valence electrons. The number of nitrogens with zero attached hydrogens (tertiary/aromatic N) is 4. The predicted octanol–water partition coefficient (Wildman–Crippen LogP) is 2.48. The Morgan fingerprint density at radius 2 is 2.17 bits per heavy atom. The molecule has 3 rings (SSSR count). The lowest BCUT2D eigenvalue weighted by Gasteiger charge is -2.32. The summed E-state index contributed by atoms with van der Waals surface area (Å²) < 4.78 is 16.3. The summed E-state index contributed by atoms with van der Waals surface area (Å²) in [5.74, 6) is 1.14. The summed E-state index contributed by atoms with van der Waals surface area (Å²) in [6, 6.07) is 1.33. The second kappa shape index (κ2) is 7.12. The van der Waals surface area contributed by atoms with Crippen molar-refractivity contribution in [1.29, 1.82) is 0 Å². The summed E-state index contributed by atoms with van der Waals surface area (Å²) in [6.45, 7) is 7.13. The van der Waals surface area contributed by atoms with E-state index < -0.39 is 6.04 Å². The van der Waals surface area contributed by atoms with Crippen molar-refractivity contribution in [2.75, 3.05) is 19.8 Å². The van der Waals surface area contributed by atoms with Crippen LogP contribution >= 0.6 is 0 Å². The van der Waals surface area contributed by atoms with E-state index in [-0.39, 0.29) is 11.7 Å². The van der Waals surface area contributed by atoms with Gasteiger partial charge in [-0.1, -0.05) is 19.0 Å². The molecule has 0 aromatic carbocycles. The fourth-order valence-electron chi connectivity index (χ4n) is 2.93. The Kier molecular flexibility index (Phi) is 4.94. The second-order valence-corrected chi connectivity index (χ2v) is 5.88. The van der Waals surface area contributed by atoms with Gasteiger partial charge in [0.05, 0.1) is 18.9 Å². The smallest absolute Gasteiger partial charge is 0.293 e. The van der Waals surface area contributed by atoms with Gasteiger partial charge in [0.15, 0.2) is 0 Å². The van der Waals surface area contributed by atoms with E-state index in [1.807, 2.05) is 0 Å². The summed E-state index contributed by atoms with van der Waals surface area (Å²) in [7, 11) is 0. The molecule has 0 saturated carbocycles. The molecule has 0 unspecified atom stereocenters. The van der Waals surface area contributed by atoms with E-state index in [4.69, 9.17) is 13.7 Å². The summed E-state index contributed by atoms with van der Waals surface area (Å²) in [5, 5.41) is 11.9. The van der Waals surface area contributed by atoms with E-state index in [9.17, 15) is 4.79 Å². The highest BCUT2D eigenvalue weighted by Gasteiger charge is 2.35. The number of hydrogen-bond acceptors (Lipinski definition) is 7. The van der Waals surface area contributed by atoms with Gasteiger partial charge in [-0.3, -0.25) is 4.79 Å². The molecule has 24 heavy (non-hydrogen) atoms. The second-order valence-electron chi connectivity index (χ2n) is 5.88. The number of ether oxygens (including phenoxy) is 1. The molecule has 1 atom stereocenters. The van der Waals surface area contributed by atoms with Crippen LogP contribution in [0.25, 0.3) is 0 Å². The summed E-state index contributed by atoms with van der Waals surface area (Å²) in [4.78, 5) is 14.5. The van der Waals surface area contributed by atoms with Crippen LogP contribution in [0.1, 0.15) is 66.7 Å². The number of hydrogen-bond donors (Lipinski definition) is 0. The zero-order valence-electron chi connectivity index (χ0n) is 14.2. The molecule has 2 aromatic heterocycles. The number of rotatable bonds is 5. The molecule has 0 radical (unpaired) electrons. The Morgan fingerprint density at radius 3 is 2.83 bits per heavy atom. The third kappa shape index (κ3) is 3.19. The zero-order chi connectivity index (χ0) is 17.1. The fraction of sp³-hybridized carbons (Fsp3) is 0.625. The van der Waals surface area contributed by atoms with Crippen LogP contribution in [0.2, 0.25) is 0 Å². The molecule has 0 N–H and O–H groups in total. The molecule has 1 saturated heterocycles. The van der Waals surface area contributed by atoms with Crippen molar-refractivity contribution in [2.24, 2.45) is 0 Å². The molecule has 0 aliphatic carbocycles. The van der Waals surface area contributed by atoms with E-state index in [0.717, 1.165) is 18.5 Å². The standard InChI is InChI=1S/C16H22N4O4/c1-4-11(5-2)12-8-14(24-19-12)16(21)20-6-7-22-9-13(20)15-18-17-10(3)23-15/h8,11,13H,4-7,9H2,1-3H3/t13-/m0/s1. The Morgan fingerprint density at radius 1 is 1.38 bits per heavy atom. The monoisotopic (exact) mass is 334 g/mol. The first kappa shape index (κ1) is 16.6. The van der Waals surface area contributed by atoms with Crippen molar-refractivity contribution in [1.82, 2.24) is 20.3 Å². The van der Waals surface area contributed by atoms with Crippen LogP contribution in [0.3, 0.4) is 0 Å².